The Morgan fingerprint density at radius 3 is 2.22 bits per heavy atom. The topological polar surface area (TPSA) is 93.7 Å². The quantitative estimate of drug-likeness (QED) is 0.372. The van der Waals surface area contributed by atoms with E-state index < -0.39 is 5.97 Å². The third-order valence-electron chi connectivity index (χ3n) is 4.74. The van der Waals surface area contributed by atoms with Crippen LogP contribution in [0.3, 0.4) is 0 Å². The lowest BCUT2D eigenvalue weighted by atomic mass is 9.87. The first-order valence-electron chi connectivity index (χ1n) is 10.0. The number of carbonyl (C=O) groups excluding carboxylic acids is 3. The molecule has 7 nitrogen and oxygen atoms in total. The Labute approximate surface area is 193 Å². The number of hydrogen-bond acceptors (Lipinski definition) is 6. The number of Topliss-reactive ketones (excluding diaryl/α,β-unsaturated/α-hetero) is 1. The highest BCUT2D eigenvalue weighted by Gasteiger charge is 2.16. The zero-order valence-electron chi connectivity index (χ0n) is 18.9. The molecule has 0 saturated carbocycles. The average molecular weight is 457 g/mol. The van der Waals surface area contributed by atoms with Gasteiger partial charge in [0.15, 0.2) is 5.11 Å². The maximum Gasteiger partial charge on any atom is 0.313 e. The highest BCUT2D eigenvalue weighted by molar-refractivity contribution is 7.80. The molecule has 0 bridgehead atoms. The van der Waals surface area contributed by atoms with E-state index in [2.05, 4.69) is 36.1 Å². The van der Waals surface area contributed by atoms with E-state index in [1.54, 1.807) is 30.3 Å². The van der Waals surface area contributed by atoms with Gasteiger partial charge in [0, 0.05) is 29.3 Å². The summed E-state index contributed by atoms with van der Waals surface area (Å²) >= 11 is 5.25. The minimum atomic E-state index is -0.582. The third-order valence-corrected chi connectivity index (χ3v) is 4.95. The number of methoxy groups -OCH3 is 2. The number of thiocarbonyl (C=S) groups is 1. The van der Waals surface area contributed by atoms with E-state index in [-0.39, 0.29) is 35.1 Å². The van der Waals surface area contributed by atoms with Crippen LogP contribution in [0.25, 0.3) is 0 Å². The van der Waals surface area contributed by atoms with E-state index in [0.29, 0.717) is 22.6 Å². The van der Waals surface area contributed by atoms with Gasteiger partial charge in [-0.2, -0.15) is 0 Å². The van der Waals surface area contributed by atoms with Crippen molar-refractivity contribution >= 4 is 40.7 Å². The number of ether oxygens (including phenoxy) is 2. The Morgan fingerprint density at radius 2 is 1.66 bits per heavy atom. The minimum Gasteiger partial charge on any atom is -0.496 e. The second-order valence-corrected chi connectivity index (χ2v) is 8.64. The molecule has 0 aromatic heterocycles. The monoisotopic (exact) mass is 456 g/mol. The van der Waals surface area contributed by atoms with Crippen molar-refractivity contribution in [2.45, 2.75) is 39.0 Å². The Morgan fingerprint density at radius 1 is 1.00 bits per heavy atom. The van der Waals surface area contributed by atoms with Gasteiger partial charge in [-0.1, -0.05) is 39.0 Å². The van der Waals surface area contributed by atoms with E-state index in [4.69, 9.17) is 17.0 Å². The Bertz CT molecular complexity index is 1010. The molecule has 0 aliphatic carbocycles. The summed E-state index contributed by atoms with van der Waals surface area (Å²) in [5, 5.41) is 5.72. The Balaban J connectivity index is 2.01. The van der Waals surface area contributed by atoms with Gasteiger partial charge in [0.25, 0.3) is 5.91 Å². The van der Waals surface area contributed by atoms with E-state index in [1.807, 2.05) is 12.1 Å². The second kappa shape index (κ2) is 10.9. The first kappa shape index (κ1) is 25.0. The molecule has 0 unspecified atom stereocenters. The molecule has 2 aromatic rings. The average Bonchev–Trinajstić information content (AvgIpc) is 2.73. The fourth-order valence-electron chi connectivity index (χ4n) is 2.94. The van der Waals surface area contributed by atoms with Crippen molar-refractivity contribution in [2.75, 3.05) is 19.5 Å². The van der Waals surface area contributed by atoms with Gasteiger partial charge in [-0.05, 0) is 41.4 Å². The van der Waals surface area contributed by atoms with Crippen molar-refractivity contribution in [1.29, 1.82) is 0 Å². The third kappa shape index (κ3) is 7.16. The van der Waals surface area contributed by atoms with Crippen molar-refractivity contribution in [3.63, 3.8) is 0 Å². The number of carbonyl (C=O) groups is 3. The van der Waals surface area contributed by atoms with Gasteiger partial charge in [-0.3, -0.25) is 19.7 Å². The van der Waals surface area contributed by atoms with Crippen LogP contribution in [0.2, 0.25) is 0 Å². The summed E-state index contributed by atoms with van der Waals surface area (Å²) in [6.45, 7) is 6.32. The van der Waals surface area contributed by atoms with Crippen LogP contribution < -0.4 is 15.4 Å². The van der Waals surface area contributed by atoms with Crippen LogP contribution in [-0.4, -0.2) is 37.0 Å². The smallest absolute Gasteiger partial charge is 0.313 e. The van der Waals surface area contributed by atoms with E-state index in [0.717, 1.165) is 5.56 Å². The number of esters is 1. The summed E-state index contributed by atoms with van der Waals surface area (Å²) in [6, 6.07) is 12.5. The van der Waals surface area contributed by atoms with Crippen molar-refractivity contribution in [3.05, 3.63) is 59.2 Å². The lowest BCUT2D eigenvalue weighted by Crippen LogP contribution is -2.34. The van der Waals surface area contributed by atoms with Gasteiger partial charge >= 0.3 is 5.97 Å². The lowest BCUT2D eigenvalue weighted by Gasteiger charge is -2.19. The van der Waals surface area contributed by atoms with Crippen LogP contribution in [0.5, 0.6) is 5.75 Å². The molecule has 0 aliphatic heterocycles. The van der Waals surface area contributed by atoms with Crippen molar-refractivity contribution in [1.82, 2.24) is 5.32 Å². The van der Waals surface area contributed by atoms with Crippen LogP contribution >= 0.6 is 12.2 Å². The zero-order chi connectivity index (χ0) is 23.9. The minimum absolute atomic E-state index is 0.000995. The molecule has 2 rings (SSSR count). The summed E-state index contributed by atoms with van der Waals surface area (Å²) in [6.07, 6.45) is -0.267. The number of benzene rings is 2. The molecule has 32 heavy (non-hydrogen) atoms. The predicted octanol–water partition coefficient (Wildman–Crippen LogP) is 3.79. The molecular formula is C24H28N2O5S. The molecule has 0 spiro atoms. The van der Waals surface area contributed by atoms with Gasteiger partial charge in [0.05, 0.1) is 14.2 Å². The van der Waals surface area contributed by atoms with Crippen molar-refractivity contribution in [2.24, 2.45) is 0 Å². The van der Waals surface area contributed by atoms with E-state index in [9.17, 15) is 14.4 Å². The highest BCUT2D eigenvalue weighted by Crippen LogP contribution is 2.25. The Kier molecular flexibility index (Phi) is 8.48. The first-order chi connectivity index (χ1) is 15.0. The number of amides is 1. The molecule has 0 atom stereocenters. The zero-order valence-corrected chi connectivity index (χ0v) is 19.7. The number of rotatable bonds is 7. The van der Waals surface area contributed by atoms with Gasteiger partial charge in [0.1, 0.15) is 18.0 Å². The number of hydrogen-bond donors (Lipinski definition) is 2. The highest BCUT2D eigenvalue weighted by atomic mass is 32.1. The summed E-state index contributed by atoms with van der Waals surface area (Å²) in [4.78, 5) is 35.7. The molecule has 0 fully saturated rings. The maximum absolute atomic E-state index is 12.5. The summed E-state index contributed by atoms with van der Waals surface area (Å²) in [5.41, 5.74) is 2.84. The van der Waals surface area contributed by atoms with Crippen LogP contribution in [0, 0.1) is 0 Å². The summed E-state index contributed by atoms with van der Waals surface area (Å²) in [5.74, 6) is -0.724. The number of ketones is 1. The summed E-state index contributed by atoms with van der Waals surface area (Å²) in [7, 11) is 2.72. The van der Waals surface area contributed by atoms with Crippen LogP contribution in [0.15, 0.2) is 42.5 Å². The summed E-state index contributed by atoms with van der Waals surface area (Å²) < 4.78 is 9.86. The standard InChI is InChI=1S/C24H28N2O5S/c1-24(2,3)17-9-6-15(7-10-17)22(29)26-23(32)25-18-11-8-16(20(13-18)30-4)12-19(27)14-21(28)31-5/h6-11,13H,12,14H2,1-5H3,(H2,25,26,29,32). The van der Waals surface area contributed by atoms with Gasteiger partial charge in [-0.25, -0.2) is 0 Å². The fraction of sp³-hybridized carbons (Fsp3) is 0.333. The van der Waals surface area contributed by atoms with E-state index >= 15 is 0 Å². The molecule has 8 heteroatoms. The lowest BCUT2D eigenvalue weighted by molar-refractivity contribution is -0.143. The fourth-order valence-corrected chi connectivity index (χ4v) is 3.15. The van der Waals surface area contributed by atoms with Crippen molar-refractivity contribution < 1.29 is 23.9 Å². The van der Waals surface area contributed by atoms with Gasteiger partial charge < -0.3 is 14.8 Å². The SMILES string of the molecule is COC(=O)CC(=O)Cc1ccc(NC(=S)NC(=O)c2ccc(C(C)(C)C)cc2)cc1OC. The number of nitrogens with one attached hydrogen (secondary N) is 2. The molecule has 2 N–H and O–H groups in total. The second-order valence-electron chi connectivity index (χ2n) is 8.23. The molecule has 0 radical (unpaired) electrons. The first-order valence-corrected chi connectivity index (χ1v) is 10.4. The van der Waals surface area contributed by atoms with Crippen LogP contribution in [0.1, 0.15) is 48.7 Å². The van der Waals surface area contributed by atoms with E-state index in [1.165, 1.54) is 14.2 Å². The molecule has 0 saturated heterocycles. The largest absolute Gasteiger partial charge is 0.496 e. The Hall–Kier alpha value is -3.26. The normalized spacial score (nSPS) is 10.8. The molecule has 0 aliphatic rings. The molecule has 170 valence electrons. The predicted molar refractivity (Wildman–Crippen MR) is 127 cm³/mol. The van der Waals surface area contributed by atoms with Crippen LogP contribution in [-0.2, 0) is 26.2 Å². The van der Waals surface area contributed by atoms with Gasteiger partial charge in [-0.15, -0.1) is 0 Å². The van der Waals surface area contributed by atoms with Crippen molar-refractivity contribution in [3.8, 4) is 5.75 Å². The molecule has 1 amide bonds. The maximum atomic E-state index is 12.5. The molecular weight excluding hydrogens is 428 g/mol. The van der Waals surface area contributed by atoms with Crippen LogP contribution in [0.4, 0.5) is 5.69 Å². The molecule has 0 heterocycles. The molecule has 2 aromatic carbocycles. The number of anilines is 1. The van der Waals surface area contributed by atoms with Gasteiger partial charge in [0.2, 0.25) is 0 Å².